The molecule has 1 aromatic carbocycles. The molecule has 0 saturated heterocycles. The third kappa shape index (κ3) is 5.09. The summed E-state index contributed by atoms with van der Waals surface area (Å²) < 4.78 is 6.08. The Balaban J connectivity index is 1.54. The Morgan fingerprint density at radius 2 is 1.69 bits per heavy atom. The normalized spacial score (nSPS) is 31.3. The van der Waals surface area contributed by atoms with Gasteiger partial charge < -0.3 is 4.74 Å². The number of hydrogen-bond acceptors (Lipinski definition) is 3. The van der Waals surface area contributed by atoms with Crippen molar-refractivity contribution in [3.63, 3.8) is 0 Å². The third-order valence-corrected chi connectivity index (χ3v) is 9.61. The molecule has 0 aliphatic heterocycles. The summed E-state index contributed by atoms with van der Waals surface area (Å²) in [6.07, 6.45) is 21.3. The Morgan fingerprint density at radius 1 is 0.971 bits per heavy atom. The molecule has 2 bridgehead atoms. The van der Waals surface area contributed by atoms with E-state index in [1.165, 1.54) is 32.1 Å². The molecular weight excluding hydrogens is 452 g/mol. The predicted molar refractivity (Wildman–Crippen MR) is 142 cm³/mol. The Bertz CT molecular complexity index is 1030. The van der Waals surface area contributed by atoms with Crippen molar-refractivity contribution in [3.05, 3.63) is 58.7 Å². The average molecular weight is 491 g/mol. The average Bonchev–Trinajstić information content (AvgIpc) is 2.89. The first-order valence-corrected chi connectivity index (χ1v) is 14.0. The van der Waals surface area contributed by atoms with E-state index in [1.807, 2.05) is 18.2 Å². The zero-order valence-corrected chi connectivity index (χ0v) is 22.2. The highest BCUT2D eigenvalue weighted by molar-refractivity contribution is 6.24. The van der Waals surface area contributed by atoms with E-state index in [0.29, 0.717) is 29.6 Å². The lowest BCUT2D eigenvalue weighted by Gasteiger charge is -2.54. The first kappa shape index (κ1) is 26.0. The van der Waals surface area contributed by atoms with E-state index in [0.717, 1.165) is 49.7 Å². The van der Waals surface area contributed by atoms with Gasteiger partial charge in [0.1, 0.15) is 12.1 Å². The van der Waals surface area contributed by atoms with Crippen molar-refractivity contribution in [2.24, 2.45) is 11.3 Å². The lowest BCUT2D eigenvalue weighted by Crippen LogP contribution is -2.44. The molecule has 3 fully saturated rings. The highest BCUT2D eigenvalue weighted by Gasteiger charge is 2.49. The van der Waals surface area contributed by atoms with Crippen LogP contribution in [-0.2, 0) is 16.6 Å². The van der Waals surface area contributed by atoms with Gasteiger partial charge >= 0.3 is 0 Å². The lowest BCUT2D eigenvalue weighted by molar-refractivity contribution is 0.0203. The number of halogens is 1. The molecule has 4 aliphatic rings. The van der Waals surface area contributed by atoms with Crippen LogP contribution in [0.3, 0.4) is 0 Å². The zero-order chi connectivity index (χ0) is 24.9. The smallest absolute Gasteiger partial charge is 0.167 e. The van der Waals surface area contributed by atoms with Gasteiger partial charge in [-0.15, -0.1) is 0 Å². The van der Waals surface area contributed by atoms with Crippen molar-refractivity contribution in [2.45, 2.75) is 101 Å². The molecule has 5 rings (SSSR count). The summed E-state index contributed by atoms with van der Waals surface area (Å²) in [5.74, 6) is 0.0183. The van der Waals surface area contributed by atoms with Crippen LogP contribution in [0.25, 0.3) is 0 Å². The van der Waals surface area contributed by atoms with E-state index in [2.05, 4.69) is 44.2 Å². The molecule has 1 aromatic rings. The maximum atomic E-state index is 10.2. The monoisotopic (exact) mass is 490 g/mol. The summed E-state index contributed by atoms with van der Waals surface area (Å²) in [6, 6.07) is 9.15. The van der Waals surface area contributed by atoms with E-state index in [4.69, 9.17) is 16.3 Å². The second-order valence-electron chi connectivity index (χ2n) is 11.1. The molecular formula is C31H39ClN2O. The molecule has 0 N–H and O–H groups in total. The predicted octanol–water partition coefficient (Wildman–Crippen LogP) is 8.25. The minimum absolute atomic E-state index is 0.0183. The summed E-state index contributed by atoms with van der Waals surface area (Å²) in [7, 11) is 0. The van der Waals surface area contributed by atoms with Gasteiger partial charge in [0.05, 0.1) is 11.1 Å². The largest absolute Gasteiger partial charge is 0.355 e. The Hall–Kier alpha value is -2.07. The Morgan fingerprint density at radius 3 is 2.31 bits per heavy atom. The highest BCUT2D eigenvalue weighted by Crippen LogP contribution is 2.60. The van der Waals surface area contributed by atoms with Crippen LogP contribution in [0.5, 0.6) is 0 Å². The van der Waals surface area contributed by atoms with Gasteiger partial charge in [0.2, 0.25) is 0 Å². The first-order valence-electron chi connectivity index (χ1n) is 13.6. The fraction of sp³-hybridized carbons (Fsp3) is 0.613. The van der Waals surface area contributed by atoms with Gasteiger partial charge in [0, 0.05) is 12.5 Å². The number of allylic oxidation sites excluding steroid dienone is 2. The van der Waals surface area contributed by atoms with Crippen molar-refractivity contribution < 1.29 is 4.74 Å². The maximum absolute atomic E-state index is 10.2. The topological polar surface area (TPSA) is 56.8 Å². The van der Waals surface area contributed by atoms with E-state index in [1.54, 1.807) is 0 Å². The molecule has 4 heteroatoms. The summed E-state index contributed by atoms with van der Waals surface area (Å²) in [6.45, 7) is 5.06. The van der Waals surface area contributed by atoms with Crippen LogP contribution in [0.4, 0.5) is 0 Å². The molecule has 0 aromatic heterocycles. The highest BCUT2D eigenvalue weighted by atomic mass is 35.5. The van der Waals surface area contributed by atoms with Crippen LogP contribution in [0, 0.1) is 34.0 Å². The first-order chi connectivity index (χ1) is 16.9. The minimum atomic E-state index is -0.844. The molecule has 4 aliphatic carbocycles. The SMILES string of the molecule is CCCCOC1(Cl)C=CC=CC1CCc1ccc(C23CCC(CCC)(CC2)CC3)c(C#N)c1C#N. The van der Waals surface area contributed by atoms with Gasteiger partial charge in [-0.2, -0.15) is 10.5 Å². The summed E-state index contributed by atoms with van der Waals surface area (Å²) in [5, 5.41) is 19.5. The molecule has 2 atom stereocenters. The number of ether oxygens (including phenoxy) is 1. The van der Waals surface area contributed by atoms with Gasteiger partial charge in [-0.3, -0.25) is 0 Å². The van der Waals surface area contributed by atoms with Crippen molar-refractivity contribution in [1.82, 2.24) is 0 Å². The number of nitrogens with zero attached hydrogens (tertiary/aromatic N) is 2. The number of rotatable bonds is 10. The molecule has 3 saturated carbocycles. The number of aryl methyl sites for hydroxylation is 1. The van der Waals surface area contributed by atoms with Crippen molar-refractivity contribution in [1.29, 1.82) is 10.5 Å². The Kier molecular flexibility index (Phi) is 8.10. The number of benzene rings is 1. The summed E-state index contributed by atoms with van der Waals surface area (Å²) in [4.78, 5) is 0. The lowest BCUT2D eigenvalue weighted by atomic mass is 9.50. The molecule has 35 heavy (non-hydrogen) atoms. The van der Waals surface area contributed by atoms with E-state index in [9.17, 15) is 10.5 Å². The minimum Gasteiger partial charge on any atom is -0.355 e. The zero-order valence-electron chi connectivity index (χ0n) is 21.4. The standard InChI is InChI=1S/C31H39ClN2O/c1-3-5-21-35-31(32)14-7-6-8-25(31)11-9-24-10-12-28(27(23-34)26(24)22-33)30-18-15-29(13-4-2,16-19-30)17-20-30/h6-8,10,12,14,25H,3-5,9,11,13,15-21H2,1-2H3. The number of unbranched alkanes of at least 4 members (excludes halogenated alkanes) is 1. The quantitative estimate of drug-likeness (QED) is 0.245. The van der Waals surface area contributed by atoms with Crippen LogP contribution in [0.2, 0.25) is 0 Å². The Labute approximate surface area is 216 Å². The van der Waals surface area contributed by atoms with Crippen LogP contribution in [-0.4, -0.2) is 11.7 Å². The molecule has 0 radical (unpaired) electrons. The fourth-order valence-electron chi connectivity index (χ4n) is 6.88. The van der Waals surface area contributed by atoms with Crippen LogP contribution < -0.4 is 0 Å². The third-order valence-electron chi connectivity index (χ3n) is 9.10. The van der Waals surface area contributed by atoms with Crippen molar-refractivity contribution >= 4 is 11.6 Å². The molecule has 0 heterocycles. The second kappa shape index (κ2) is 10.9. The van der Waals surface area contributed by atoms with E-state index >= 15 is 0 Å². The maximum Gasteiger partial charge on any atom is 0.167 e. The van der Waals surface area contributed by atoms with E-state index in [-0.39, 0.29) is 11.3 Å². The van der Waals surface area contributed by atoms with Crippen molar-refractivity contribution in [2.75, 3.05) is 6.61 Å². The van der Waals surface area contributed by atoms with Gasteiger partial charge in [-0.25, -0.2) is 0 Å². The second-order valence-corrected chi connectivity index (χ2v) is 11.7. The van der Waals surface area contributed by atoms with Crippen LogP contribution in [0.15, 0.2) is 36.4 Å². The summed E-state index contributed by atoms with van der Waals surface area (Å²) >= 11 is 6.90. The number of nitriles is 2. The summed E-state index contributed by atoms with van der Waals surface area (Å²) in [5.41, 5.74) is 3.85. The van der Waals surface area contributed by atoms with Crippen LogP contribution in [0.1, 0.15) is 107 Å². The van der Waals surface area contributed by atoms with Gasteiger partial charge in [-0.1, -0.05) is 68.7 Å². The number of alkyl halides is 1. The molecule has 0 spiro atoms. The molecule has 0 amide bonds. The van der Waals surface area contributed by atoms with Crippen molar-refractivity contribution in [3.8, 4) is 12.1 Å². The van der Waals surface area contributed by atoms with Gasteiger partial charge in [0.15, 0.2) is 5.06 Å². The number of fused-ring (bicyclic) bond motifs is 3. The molecule has 3 nitrogen and oxygen atoms in total. The van der Waals surface area contributed by atoms with Crippen LogP contribution >= 0.6 is 11.6 Å². The van der Waals surface area contributed by atoms with Gasteiger partial charge in [0.25, 0.3) is 0 Å². The molecule has 2 unspecified atom stereocenters. The fourth-order valence-corrected chi connectivity index (χ4v) is 7.22. The van der Waals surface area contributed by atoms with Gasteiger partial charge in [-0.05, 0) is 92.2 Å². The number of hydrogen-bond donors (Lipinski definition) is 0. The van der Waals surface area contributed by atoms with E-state index < -0.39 is 5.06 Å². The molecule has 186 valence electrons.